The van der Waals surface area contributed by atoms with Gasteiger partial charge < -0.3 is 4.90 Å². The summed E-state index contributed by atoms with van der Waals surface area (Å²) in [6, 6.07) is 0. The van der Waals surface area contributed by atoms with Crippen molar-refractivity contribution in [2.24, 2.45) is 5.92 Å². The zero-order valence-corrected chi connectivity index (χ0v) is 6.44. The summed E-state index contributed by atoms with van der Waals surface area (Å²) in [5.74, 6) is 0.414. The Hall–Kier alpha value is -0.110. The summed E-state index contributed by atoms with van der Waals surface area (Å²) in [4.78, 5) is 2.10. The van der Waals surface area contributed by atoms with E-state index in [1.54, 1.807) is 0 Å². The number of rotatable bonds is 1. The van der Waals surface area contributed by atoms with Crippen molar-refractivity contribution >= 4 is 0 Å². The Labute approximate surface area is 61.2 Å². The van der Waals surface area contributed by atoms with Gasteiger partial charge in [0, 0.05) is 13.1 Å². The van der Waals surface area contributed by atoms with Crippen LogP contribution in [0.5, 0.6) is 0 Å². The lowest BCUT2D eigenvalue weighted by molar-refractivity contribution is 0.143. The highest BCUT2D eigenvalue weighted by atomic mass is 19.1. The van der Waals surface area contributed by atoms with Gasteiger partial charge in [-0.15, -0.1) is 0 Å². The Morgan fingerprint density at radius 2 is 2.20 bits per heavy atom. The number of likely N-dealkylation sites (tertiary alicyclic amines) is 1. The fourth-order valence-electron chi connectivity index (χ4n) is 1.92. The molecule has 2 rings (SSSR count). The molecule has 0 N–H and O–H groups in total. The van der Waals surface area contributed by atoms with Gasteiger partial charge in [-0.25, -0.2) is 4.39 Å². The summed E-state index contributed by atoms with van der Waals surface area (Å²) in [6.07, 6.45) is 3.03. The van der Waals surface area contributed by atoms with Gasteiger partial charge in [-0.05, 0) is 32.2 Å². The minimum absolute atomic E-state index is 0.414. The minimum Gasteiger partial charge on any atom is -0.303 e. The highest BCUT2D eigenvalue weighted by Crippen LogP contribution is 2.46. The molecule has 1 saturated carbocycles. The van der Waals surface area contributed by atoms with Gasteiger partial charge in [0.15, 0.2) is 0 Å². The van der Waals surface area contributed by atoms with Crippen LogP contribution in [0.25, 0.3) is 0 Å². The first kappa shape index (κ1) is 6.59. The average molecular weight is 143 g/mol. The first-order valence-electron chi connectivity index (χ1n) is 4.08. The van der Waals surface area contributed by atoms with Crippen molar-refractivity contribution in [1.82, 2.24) is 4.90 Å². The highest BCUT2D eigenvalue weighted by molar-refractivity contribution is 5.00. The maximum Gasteiger partial charge on any atom is 0.127 e. The first-order valence-corrected chi connectivity index (χ1v) is 4.08. The summed E-state index contributed by atoms with van der Waals surface area (Å²) >= 11 is 0. The minimum atomic E-state index is -0.797. The van der Waals surface area contributed by atoms with Crippen molar-refractivity contribution in [2.75, 3.05) is 20.1 Å². The van der Waals surface area contributed by atoms with Crippen LogP contribution in [-0.2, 0) is 0 Å². The van der Waals surface area contributed by atoms with Gasteiger partial charge in [0.25, 0.3) is 0 Å². The van der Waals surface area contributed by atoms with Crippen LogP contribution in [-0.4, -0.2) is 30.7 Å². The van der Waals surface area contributed by atoms with Crippen LogP contribution in [0.1, 0.15) is 19.3 Å². The number of hydrogen-bond donors (Lipinski definition) is 0. The van der Waals surface area contributed by atoms with Gasteiger partial charge in [-0.2, -0.15) is 0 Å². The van der Waals surface area contributed by atoms with E-state index in [9.17, 15) is 4.39 Å². The predicted molar refractivity (Wildman–Crippen MR) is 38.7 cm³/mol. The van der Waals surface area contributed by atoms with Crippen molar-refractivity contribution in [1.29, 1.82) is 0 Å². The summed E-state index contributed by atoms with van der Waals surface area (Å²) in [7, 11) is 2.00. The van der Waals surface area contributed by atoms with Crippen LogP contribution < -0.4 is 0 Å². The quantitative estimate of drug-likeness (QED) is 0.537. The molecular weight excluding hydrogens is 129 g/mol. The fourth-order valence-corrected chi connectivity index (χ4v) is 1.92. The third-order valence-corrected chi connectivity index (χ3v) is 2.75. The van der Waals surface area contributed by atoms with E-state index in [1.807, 2.05) is 7.05 Å². The lowest BCUT2D eigenvalue weighted by Crippen LogP contribution is -2.29. The standard InChI is InChI=1S/C8H14FN/c1-10-5-4-8(9,6-10)7-2-3-7/h7H,2-6H2,1H3. The van der Waals surface area contributed by atoms with E-state index >= 15 is 0 Å². The van der Waals surface area contributed by atoms with Crippen LogP contribution in [0.4, 0.5) is 4.39 Å². The van der Waals surface area contributed by atoms with Gasteiger partial charge in [-0.3, -0.25) is 0 Å². The number of nitrogens with zero attached hydrogens (tertiary/aromatic N) is 1. The van der Waals surface area contributed by atoms with E-state index in [1.165, 1.54) is 0 Å². The second-order valence-corrected chi connectivity index (χ2v) is 3.80. The first-order chi connectivity index (χ1) is 4.71. The van der Waals surface area contributed by atoms with Crippen molar-refractivity contribution in [3.8, 4) is 0 Å². The molecule has 0 amide bonds. The molecule has 0 spiro atoms. The molecule has 2 aliphatic rings. The normalized spacial score (nSPS) is 42.6. The molecular formula is C8H14FN. The highest BCUT2D eigenvalue weighted by Gasteiger charge is 2.48. The van der Waals surface area contributed by atoms with Crippen molar-refractivity contribution in [3.05, 3.63) is 0 Å². The van der Waals surface area contributed by atoms with Gasteiger partial charge in [0.2, 0.25) is 0 Å². The molecule has 1 nitrogen and oxygen atoms in total. The Morgan fingerprint density at radius 3 is 2.60 bits per heavy atom. The number of halogens is 1. The van der Waals surface area contributed by atoms with Crippen LogP contribution in [0, 0.1) is 5.92 Å². The van der Waals surface area contributed by atoms with E-state index in [2.05, 4.69) is 4.90 Å². The molecule has 0 aromatic heterocycles. The monoisotopic (exact) mass is 143 g/mol. The fraction of sp³-hybridized carbons (Fsp3) is 1.00. The molecule has 0 aromatic carbocycles. The van der Waals surface area contributed by atoms with Gasteiger partial charge >= 0.3 is 0 Å². The zero-order chi connectivity index (χ0) is 7.19. The predicted octanol–water partition coefficient (Wildman–Crippen LogP) is 1.44. The van der Waals surface area contributed by atoms with E-state index in [0.29, 0.717) is 12.5 Å². The van der Waals surface area contributed by atoms with Crippen LogP contribution in [0.3, 0.4) is 0 Å². The third-order valence-electron chi connectivity index (χ3n) is 2.75. The molecule has 1 unspecified atom stereocenters. The second kappa shape index (κ2) is 1.94. The van der Waals surface area contributed by atoms with E-state index in [-0.39, 0.29) is 0 Å². The zero-order valence-electron chi connectivity index (χ0n) is 6.44. The molecule has 0 bridgehead atoms. The van der Waals surface area contributed by atoms with Gasteiger partial charge in [0.05, 0.1) is 0 Å². The smallest absolute Gasteiger partial charge is 0.127 e. The molecule has 2 fully saturated rings. The summed E-state index contributed by atoms with van der Waals surface area (Å²) in [5, 5.41) is 0. The molecule has 1 aliphatic heterocycles. The van der Waals surface area contributed by atoms with Crippen molar-refractivity contribution in [2.45, 2.75) is 24.9 Å². The Kier molecular flexibility index (Phi) is 1.28. The largest absolute Gasteiger partial charge is 0.303 e. The molecule has 2 heteroatoms. The third kappa shape index (κ3) is 0.947. The molecule has 1 heterocycles. The SMILES string of the molecule is CN1CCC(F)(C2CC2)C1. The van der Waals surface area contributed by atoms with E-state index < -0.39 is 5.67 Å². The lowest BCUT2D eigenvalue weighted by atomic mass is 10.00. The van der Waals surface area contributed by atoms with Crippen molar-refractivity contribution in [3.63, 3.8) is 0 Å². The second-order valence-electron chi connectivity index (χ2n) is 3.80. The average Bonchev–Trinajstić information content (AvgIpc) is 2.62. The molecule has 1 saturated heterocycles. The van der Waals surface area contributed by atoms with Gasteiger partial charge in [-0.1, -0.05) is 0 Å². The topological polar surface area (TPSA) is 3.24 Å². The summed E-state index contributed by atoms with van der Waals surface area (Å²) in [5.41, 5.74) is -0.797. The van der Waals surface area contributed by atoms with Crippen molar-refractivity contribution < 1.29 is 4.39 Å². The lowest BCUT2D eigenvalue weighted by Gasteiger charge is -2.17. The molecule has 1 aliphatic carbocycles. The Morgan fingerprint density at radius 1 is 1.50 bits per heavy atom. The summed E-state index contributed by atoms with van der Waals surface area (Å²) in [6.45, 7) is 1.63. The summed E-state index contributed by atoms with van der Waals surface area (Å²) < 4.78 is 13.7. The van der Waals surface area contributed by atoms with Gasteiger partial charge in [0.1, 0.15) is 5.67 Å². The Bertz CT molecular complexity index is 144. The number of hydrogen-bond acceptors (Lipinski definition) is 1. The molecule has 10 heavy (non-hydrogen) atoms. The van der Waals surface area contributed by atoms with E-state index in [0.717, 1.165) is 25.8 Å². The van der Waals surface area contributed by atoms with Crippen LogP contribution >= 0.6 is 0 Å². The maximum atomic E-state index is 13.7. The molecule has 0 radical (unpaired) electrons. The molecule has 1 atom stereocenters. The number of alkyl halides is 1. The van der Waals surface area contributed by atoms with E-state index in [4.69, 9.17) is 0 Å². The molecule has 0 aromatic rings. The molecule has 58 valence electrons. The maximum absolute atomic E-state index is 13.7. The van der Waals surface area contributed by atoms with Crippen LogP contribution in [0.2, 0.25) is 0 Å². The Balaban J connectivity index is 2.01. The van der Waals surface area contributed by atoms with Crippen LogP contribution in [0.15, 0.2) is 0 Å².